The standard InChI is InChI=1S/C26H34N5O8P/c1-16(26(34)37-17-8-4-2-5-9-17)30-40(35,39-18-10-6-3-7-11-18)36-14-21-22(32)23(33)24(38-21)19-12-13-20-25(27)28-15-29-31(19)20/h3,6-7,10-13,15-17,21-24,32-33H,2,4-5,8-9,14H2,1H3,(H,30,35)(H2,27,28,29)/t16-,21+,22+,23+,24-,40?/m0/s1. The maximum atomic E-state index is 13.9. The summed E-state index contributed by atoms with van der Waals surface area (Å²) in [6.45, 7) is 1.10. The van der Waals surface area contributed by atoms with Gasteiger partial charge in [-0.2, -0.15) is 10.2 Å². The molecule has 1 unspecified atom stereocenters. The molecule has 3 aromatic rings. The zero-order valence-corrected chi connectivity index (χ0v) is 22.9. The van der Waals surface area contributed by atoms with Gasteiger partial charge < -0.3 is 29.9 Å². The van der Waals surface area contributed by atoms with E-state index in [9.17, 15) is 19.6 Å². The number of nitrogen functional groups attached to an aromatic ring is 1. The third-order valence-electron chi connectivity index (χ3n) is 7.08. The summed E-state index contributed by atoms with van der Waals surface area (Å²) in [5.41, 5.74) is 6.86. The first kappa shape index (κ1) is 28.5. The number of nitrogens with zero attached hydrogens (tertiary/aromatic N) is 3. The van der Waals surface area contributed by atoms with E-state index in [1.54, 1.807) is 42.5 Å². The molecule has 5 rings (SSSR count). The average Bonchev–Trinajstić information content (AvgIpc) is 3.50. The second kappa shape index (κ2) is 12.2. The van der Waals surface area contributed by atoms with Crippen molar-refractivity contribution in [3.63, 3.8) is 0 Å². The number of benzene rings is 1. The molecule has 1 saturated heterocycles. The summed E-state index contributed by atoms with van der Waals surface area (Å²) in [5.74, 6) is -0.0781. The van der Waals surface area contributed by atoms with Crippen molar-refractivity contribution in [3.05, 3.63) is 54.5 Å². The lowest BCUT2D eigenvalue weighted by molar-refractivity contribution is -0.152. The van der Waals surface area contributed by atoms with Gasteiger partial charge in [0.2, 0.25) is 0 Å². The molecule has 0 spiro atoms. The van der Waals surface area contributed by atoms with Crippen LogP contribution in [0.3, 0.4) is 0 Å². The highest BCUT2D eigenvalue weighted by atomic mass is 31.2. The molecule has 14 heteroatoms. The summed E-state index contributed by atoms with van der Waals surface area (Å²) in [6.07, 6.45) is 1.01. The second-order valence-corrected chi connectivity index (χ2v) is 11.7. The summed E-state index contributed by atoms with van der Waals surface area (Å²) in [4.78, 5) is 16.7. The molecule has 40 heavy (non-hydrogen) atoms. The lowest BCUT2D eigenvalue weighted by Crippen LogP contribution is -2.38. The van der Waals surface area contributed by atoms with E-state index >= 15 is 0 Å². The smallest absolute Gasteiger partial charge is 0.459 e. The van der Waals surface area contributed by atoms with Gasteiger partial charge in [0.15, 0.2) is 5.82 Å². The van der Waals surface area contributed by atoms with Crippen LogP contribution in [0.5, 0.6) is 5.75 Å². The minimum atomic E-state index is -4.19. The third-order valence-corrected chi connectivity index (χ3v) is 8.73. The Labute approximate surface area is 231 Å². The van der Waals surface area contributed by atoms with Crippen molar-refractivity contribution in [2.75, 3.05) is 12.3 Å². The zero-order chi connectivity index (χ0) is 28.3. The van der Waals surface area contributed by atoms with Crippen molar-refractivity contribution in [3.8, 4) is 5.75 Å². The minimum Gasteiger partial charge on any atom is -0.461 e. The van der Waals surface area contributed by atoms with E-state index in [4.69, 9.17) is 24.3 Å². The van der Waals surface area contributed by atoms with E-state index in [0.29, 0.717) is 11.2 Å². The molecule has 13 nitrogen and oxygen atoms in total. The number of para-hydroxylation sites is 1. The topological polar surface area (TPSA) is 180 Å². The van der Waals surface area contributed by atoms with Gasteiger partial charge in [0.1, 0.15) is 54.2 Å². The van der Waals surface area contributed by atoms with E-state index in [0.717, 1.165) is 32.1 Å². The highest BCUT2D eigenvalue weighted by Gasteiger charge is 2.46. The van der Waals surface area contributed by atoms with Gasteiger partial charge in [0, 0.05) is 0 Å². The molecule has 2 aromatic heterocycles. The number of rotatable bonds is 10. The highest BCUT2D eigenvalue weighted by molar-refractivity contribution is 7.52. The molecule has 0 amide bonds. The molecule has 5 N–H and O–H groups in total. The van der Waals surface area contributed by atoms with E-state index < -0.39 is 50.8 Å². The fraction of sp³-hybridized carbons (Fsp3) is 0.500. The van der Waals surface area contributed by atoms with Crippen LogP contribution in [0.15, 0.2) is 48.8 Å². The second-order valence-electron chi connectivity index (χ2n) is 10.0. The predicted octanol–water partition coefficient (Wildman–Crippen LogP) is 2.53. The lowest BCUT2D eigenvalue weighted by Gasteiger charge is -2.26. The Balaban J connectivity index is 1.28. The van der Waals surface area contributed by atoms with E-state index in [2.05, 4.69) is 15.2 Å². The first-order valence-corrected chi connectivity index (χ1v) is 14.9. The first-order chi connectivity index (χ1) is 19.2. The Morgan fingerprint density at radius 2 is 1.93 bits per heavy atom. The Morgan fingerprint density at radius 3 is 2.67 bits per heavy atom. The number of aromatic nitrogens is 3. The van der Waals surface area contributed by atoms with Crippen LogP contribution in [0, 0.1) is 0 Å². The molecule has 0 radical (unpaired) electrons. The number of ether oxygens (including phenoxy) is 2. The summed E-state index contributed by atoms with van der Waals surface area (Å²) < 4.78 is 38.2. The number of nitrogens with one attached hydrogen (secondary N) is 1. The fourth-order valence-electron chi connectivity index (χ4n) is 4.94. The van der Waals surface area contributed by atoms with Crippen molar-refractivity contribution >= 4 is 25.1 Å². The van der Waals surface area contributed by atoms with Crippen molar-refractivity contribution in [2.24, 2.45) is 0 Å². The molecule has 2 aliphatic rings. The van der Waals surface area contributed by atoms with Gasteiger partial charge >= 0.3 is 13.7 Å². The Bertz CT molecular complexity index is 1350. The minimum absolute atomic E-state index is 0.174. The van der Waals surface area contributed by atoms with Gasteiger partial charge in [-0.15, -0.1) is 0 Å². The summed E-state index contributed by atoms with van der Waals surface area (Å²) in [5, 5.41) is 28.3. The van der Waals surface area contributed by atoms with Crippen LogP contribution in [-0.2, 0) is 23.4 Å². The number of aliphatic hydroxyl groups excluding tert-OH is 2. The average molecular weight is 576 g/mol. The fourth-order valence-corrected chi connectivity index (χ4v) is 6.44. The van der Waals surface area contributed by atoms with E-state index in [-0.39, 0.29) is 17.7 Å². The largest absolute Gasteiger partial charge is 0.461 e. The number of nitrogens with two attached hydrogens (primary N) is 1. The van der Waals surface area contributed by atoms with Gasteiger partial charge in [-0.1, -0.05) is 24.6 Å². The van der Waals surface area contributed by atoms with Crippen LogP contribution in [0.4, 0.5) is 5.82 Å². The molecule has 2 fully saturated rings. The number of anilines is 1. The summed E-state index contributed by atoms with van der Waals surface area (Å²) >= 11 is 0. The summed E-state index contributed by atoms with van der Waals surface area (Å²) in [7, 11) is -4.19. The highest BCUT2D eigenvalue weighted by Crippen LogP contribution is 2.46. The van der Waals surface area contributed by atoms with Crippen molar-refractivity contribution in [1.82, 2.24) is 19.7 Å². The molecular formula is C26H34N5O8P. The molecule has 6 atom stereocenters. The van der Waals surface area contributed by atoms with E-state index in [1.165, 1.54) is 17.8 Å². The maximum absolute atomic E-state index is 13.9. The quantitative estimate of drug-likeness (QED) is 0.205. The molecule has 216 valence electrons. The molecule has 3 heterocycles. The van der Waals surface area contributed by atoms with Gasteiger partial charge in [-0.3, -0.25) is 9.32 Å². The normalized spacial score (nSPS) is 25.9. The first-order valence-electron chi connectivity index (χ1n) is 13.3. The maximum Gasteiger partial charge on any atom is 0.459 e. The molecule has 1 aliphatic heterocycles. The van der Waals surface area contributed by atoms with Crippen LogP contribution in [-0.4, -0.2) is 67.8 Å². The molecule has 1 aromatic carbocycles. The molecule has 1 aliphatic carbocycles. The third kappa shape index (κ3) is 6.30. The Morgan fingerprint density at radius 1 is 1.18 bits per heavy atom. The predicted molar refractivity (Wildman–Crippen MR) is 143 cm³/mol. The van der Waals surface area contributed by atoms with Crippen LogP contribution < -0.4 is 15.3 Å². The van der Waals surface area contributed by atoms with Crippen LogP contribution >= 0.6 is 7.75 Å². The van der Waals surface area contributed by atoms with Gasteiger partial charge in [-0.25, -0.2) is 14.1 Å². The van der Waals surface area contributed by atoms with Crippen molar-refractivity contribution in [1.29, 1.82) is 0 Å². The number of hydrogen-bond acceptors (Lipinski definition) is 11. The SMILES string of the molecule is C[C@H](NP(=O)(OC[C@H]1O[C@@H](c2ccc3c(N)ncnn23)[C@H](O)[C@@H]1O)Oc1ccccc1)C(=O)OC1CCCCC1. The van der Waals surface area contributed by atoms with Crippen molar-refractivity contribution < 1.29 is 38.1 Å². The summed E-state index contributed by atoms with van der Waals surface area (Å²) in [6, 6.07) is 10.7. The van der Waals surface area contributed by atoms with Gasteiger partial charge in [-0.05, 0) is 56.9 Å². The van der Waals surface area contributed by atoms with Crippen LogP contribution in [0.2, 0.25) is 0 Å². The Kier molecular flexibility index (Phi) is 8.69. The van der Waals surface area contributed by atoms with Crippen LogP contribution in [0.1, 0.15) is 50.8 Å². The van der Waals surface area contributed by atoms with Gasteiger partial charge in [0.05, 0.1) is 12.3 Å². The van der Waals surface area contributed by atoms with Crippen LogP contribution in [0.25, 0.3) is 5.52 Å². The number of fused-ring (bicyclic) bond motifs is 1. The van der Waals surface area contributed by atoms with Gasteiger partial charge in [0.25, 0.3) is 0 Å². The lowest BCUT2D eigenvalue weighted by atomic mass is 9.98. The Hall–Kier alpha value is -3.06. The molecular weight excluding hydrogens is 541 g/mol. The zero-order valence-electron chi connectivity index (χ0n) is 22.0. The molecule has 1 saturated carbocycles. The number of aliphatic hydroxyl groups is 2. The number of carbonyl (C=O) groups excluding carboxylic acids is 1. The number of esters is 1. The van der Waals surface area contributed by atoms with E-state index in [1.807, 2.05) is 0 Å². The monoisotopic (exact) mass is 575 g/mol. The number of carbonyl (C=O) groups is 1. The van der Waals surface area contributed by atoms with Crippen molar-refractivity contribution in [2.45, 2.75) is 75.6 Å². The number of hydrogen-bond donors (Lipinski definition) is 4. The molecule has 0 bridgehead atoms.